The van der Waals surface area contributed by atoms with E-state index in [4.69, 9.17) is 4.74 Å². The van der Waals surface area contributed by atoms with Gasteiger partial charge in [0.25, 0.3) is 0 Å². The van der Waals surface area contributed by atoms with Gasteiger partial charge in [0, 0.05) is 12.8 Å². The molecule has 1 N–H and O–H groups in total. The SMILES string of the molecule is CC#CCNc1ccccc1CCOC. The van der Waals surface area contributed by atoms with Crippen LogP contribution in [0.2, 0.25) is 0 Å². The molecule has 0 unspecified atom stereocenters. The van der Waals surface area contributed by atoms with Gasteiger partial charge in [-0.05, 0) is 25.0 Å². The molecule has 0 aliphatic heterocycles. The first-order valence-electron chi connectivity index (χ1n) is 5.08. The fraction of sp³-hybridized carbons (Fsp3) is 0.385. The fourth-order valence-electron chi connectivity index (χ4n) is 1.35. The van der Waals surface area contributed by atoms with E-state index in [0.29, 0.717) is 6.54 Å². The van der Waals surface area contributed by atoms with Gasteiger partial charge < -0.3 is 10.1 Å². The van der Waals surface area contributed by atoms with E-state index in [9.17, 15) is 0 Å². The zero-order valence-electron chi connectivity index (χ0n) is 9.34. The number of anilines is 1. The van der Waals surface area contributed by atoms with E-state index in [1.165, 1.54) is 5.56 Å². The molecule has 0 atom stereocenters. The van der Waals surface area contributed by atoms with Crippen LogP contribution in [0.3, 0.4) is 0 Å². The predicted molar refractivity (Wildman–Crippen MR) is 64.0 cm³/mol. The van der Waals surface area contributed by atoms with Gasteiger partial charge in [0.15, 0.2) is 0 Å². The van der Waals surface area contributed by atoms with Crippen LogP contribution >= 0.6 is 0 Å². The summed E-state index contributed by atoms with van der Waals surface area (Å²) in [5, 5.41) is 3.29. The van der Waals surface area contributed by atoms with Gasteiger partial charge in [0.2, 0.25) is 0 Å². The van der Waals surface area contributed by atoms with E-state index >= 15 is 0 Å². The number of benzene rings is 1. The van der Waals surface area contributed by atoms with Gasteiger partial charge in [-0.3, -0.25) is 0 Å². The molecule has 0 aromatic heterocycles. The highest BCUT2D eigenvalue weighted by Crippen LogP contribution is 2.14. The summed E-state index contributed by atoms with van der Waals surface area (Å²) in [6.07, 6.45) is 0.930. The standard InChI is InChI=1S/C13H17NO/c1-3-4-10-14-13-8-6-5-7-12(13)9-11-15-2/h5-8,14H,9-11H2,1-2H3. The minimum Gasteiger partial charge on any atom is -0.384 e. The highest BCUT2D eigenvalue weighted by atomic mass is 16.5. The average molecular weight is 203 g/mol. The number of para-hydroxylation sites is 1. The summed E-state index contributed by atoms with van der Waals surface area (Å²) in [7, 11) is 1.72. The van der Waals surface area contributed by atoms with Gasteiger partial charge in [0.1, 0.15) is 0 Å². The molecular weight excluding hydrogens is 186 g/mol. The van der Waals surface area contributed by atoms with Crippen molar-refractivity contribution in [3.8, 4) is 11.8 Å². The molecule has 1 aromatic rings. The van der Waals surface area contributed by atoms with Crippen LogP contribution in [0.15, 0.2) is 24.3 Å². The first-order chi connectivity index (χ1) is 7.38. The lowest BCUT2D eigenvalue weighted by molar-refractivity contribution is 0.202. The van der Waals surface area contributed by atoms with Gasteiger partial charge in [-0.2, -0.15) is 0 Å². The fourth-order valence-corrected chi connectivity index (χ4v) is 1.35. The summed E-state index contributed by atoms with van der Waals surface area (Å²) in [5.41, 5.74) is 2.43. The average Bonchev–Trinajstić information content (AvgIpc) is 2.28. The Morgan fingerprint density at radius 3 is 2.87 bits per heavy atom. The molecule has 15 heavy (non-hydrogen) atoms. The van der Waals surface area contributed by atoms with Gasteiger partial charge in [-0.25, -0.2) is 0 Å². The molecule has 0 spiro atoms. The topological polar surface area (TPSA) is 21.3 Å². The second-order valence-corrected chi connectivity index (χ2v) is 3.18. The minimum absolute atomic E-state index is 0.695. The first-order valence-corrected chi connectivity index (χ1v) is 5.08. The Kier molecular flexibility index (Phi) is 5.35. The van der Waals surface area contributed by atoms with Crippen molar-refractivity contribution in [2.75, 3.05) is 25.6 Å². The summed E-state index contributed by atoms with van der Waals surface area (Å²) in [4.78, 5) is 0. The number of nitrogens with one attached hydrogen (secondary N) is 1. The Morgan fingerprint density at radius 1 is 1.33 bits per heavy atom. The Hall–Kier alpha value is -1.46. The Balaban J connectivity index is 2.62. The summed E-state index contributed by atoms with van der Waals surface area (Å²) in [6.45, 7) is 3.29. The summed E-state index contributed by atoms with van der Waals surface area (Å²) < 4.78 is 5.07. The summed E-state index contributed by atoms with van der Waals surface area (Å²) in [5.74, 6) is 5.85. The van der Waals surface area contributed by atoms with E-state index in [2.05, 4.69) is 29.3 Å². The maximum atomic E-state index is 5.07. The molecule has 2 heteroatoms. The van der Waals surface area contributed by atoms with Crippen LogP contribution in [0.1, 0.15) is 12.5 Å². The van der Waals surface area contributed by atoms with Crippen molar-refractivity contribution >= 4 is 5.69 Å². The van der Waals surface area contributed by atoms with E-state index < -0.39 is 0 Å². The molecule has 0 heterocycles. The molecule has 1 aromatic carbocycles. The predicted octanol–water partition coefficient (Wildman–Crippen LogP) is 2.31. The highest BCUT2D eigenvalue weighted by Gasteiger charge is 1.99. The van der Waals surface area contributed by atoms with Crippen LogP contribution in [0, 0.1) is 11.8 Å². The molecule has 0 aliphatic rings. The van der Waals surface area contributed by atoms with E-state index in [1.807, 2.05) is 19.1 Å². The Bertz CT molecular complexity index is 349. The van der Waals surface area contributed by atoms with Crippen molar-refractivity contribution in [2.45, 2.75) is 13.3 Å². The van der Waals surface area contributed by atoms with Crippen molar-refractivity contribution in [1.82, 2.24) is 0 Å². The summed E-state index contributed by atoms with van der Waals surface area (Å²) in [6, 6.07) is 8.25. The second-order valence-electron chi connectivity index (χ2n) is 3.18. The zero-order chi connectivity index (χ0) is 10.9. The molecule has 2 nitrogen and oxygen atoms in total. The van der Waals surface area contributed by atoms with Crippen molar-refractivity contribution < 1.29 is 4.74 Å². The number of methoxy groups -OCH3 is 1. The number of hydrogen-bond donors (Lipinski definition) is 1. The van der Waals surface area contributed by atoms with Gasteiger partial charge in [-0.1, -0.05) is 24.1 Å². The summed E-state index contributed by atoms with van der Waals surface area (Å²) >= 11 is 0. The minimum atomic E-state index is 0.695. The lowest BCUT2D eigenvalue weighted by atomic mass is 10.1. The second kappa shape index (κ2) is 6.92. The number of ether oxygens (including phenoxy) is 1. The first kappa shape index (κ1) is 11.6. The molecule has 80 valence electrons. The van der Waals surface area contributed by atoms with E-state index in [1.54, 1.807) is 7.11 Å². The van der Waals surface area contributed by atoms with Crippen LogP contribution in [0.25, 0.3) is 0 Å². The third kappa shape index (κ3) is 4.05. The van der Waals surface area contributed by atoms with Gasteiger partial charge in [0.05, 0.1) is 13.2 Å². The quantitative estimate of drug-likeness (QED) is 0.741. The van der Waals surface area contributed by atoms with Crippen LogP contribution < -0.4 is 5.32 Å². The van der Waals surface area contributed by atoms with Crippen molar-refractivity contribution in [1.29, 1.82) is 0 Å². The molecule has 0 amide bonds. The van der Waals surface area contributed by atoms with E-state index in [-0.39, 0.29) is 0 Å². The van der Waals surface area contributed by atoms with Crippen LogP contribution in [0.5, 0.6) is 0 Å². The number of rotatable bonds is 5. The normalized spacial score (nSPS) is 9.20. The van der Waals surface area contributed by atoms with Gasteiger partial charge >= 0.3 is 0 Å². The molecule has 0 aliphatic carbocycles. The largest absolute Gasteiger partial charge is 0.384 e. The molecule has 0 radical (unpaired) electrons. The molecule has 0 fully saturated rings. The van der Waals surface area contributed by atoms with Crippen molar-refractivity contribution in [3.05, 3.63) is 29.8 Å². The lowest BCUT2D eigenvalue weighted by Gasteiger charge is -2.09. The van der Waals surface area contributed by atoms with Crippen LogP contribution in [0.4, 0.5) is 5.69 Å². The van der Waals surface area contributed by atoms with Gasteiger partial charge in [-0.15, -0.1) is 5.92 Å². The highest BCUT2D eigenvalue weighted by molar-refractivity contribution is 5.51. The molecule has 0 bridgehead atoms. The molecule has 0 saturated heterocycles. The molecule has 1 rings (SSSR count). The van der Waals surface area contributed by atoms with Crippen LogP contribution in [-0.4, -0.2) is 20.3 Å². The smallest absolute Gasteiger partial charge is 0.0765 e. The van der Waals surface area contributed by atoms with Crippen molar-refractivity contribution in [2.24, 2.45) is 0 Å². The monoisotopic (exact) mass is 203 g/mol. The maximum Gasteiger partial charge on any atom is 0.0765 e. The Morgan fingerprint density at radius 2 is 2.13 bits per heavy atom. The maximum absolute atomic E-state index is 5.07. The van der Waals surface area contributed by atoms with Crippen molar-refractivity contribution in [3.63, 3.8) is 0 Å². The van der Waals surface area contributed by atoms with Crippen LogP contribution in [-0.2, 0) is 11.2 Å². The van der Waals surface area contributed by atoms with E-state index in [0.717, 1.165) is 18.7 Å². The lowest BCUT2D eigenvalue weighted by Crippen LogP contribution is -2.04. The number of hydrogen-bond acceptors (Lipinski definition) is 2. The Labute approximate surface area is 91.6 Å². The zero-order valence-corrected chi connectivity index (χ0v) is 9.34. The molecule has 0 saturated carbocycles. The third-order valence-electron chi connectivity index (χ3n) is 2.14. The third-order valence-corrected chi connectivity index (χ3v) is 2.14. The molecular formula is C13H17NO.